The van der Waals surface area contributed by atoms with Gasteiger partial charge in [0.1, 0.15) is 11.6 Å². The number of anilines is 2. The van der Waals surface area contributed by atoms with Crippen molar-refractivity contribution in [3.63, 3.8) is 0 Å². The van der Waals surface area contributed by atoms with Gasteiger partial charge in [-0.15, -0.1) is 0 Å². The summed E-state index contributed by atoms with van der Waals surface area (Å²) >= 11 is 0. The minimum absolute atomic E-state index is 0.150. The average molecular weight is 274 g/mol. The molecule has 3 N–H and O–H groups in total. The molecule has 0 spiro atoms. The zero-order valence-corrected chi connectivity index (χ0v) is 11.0. The van der Waals surface area contributed by atoms with Gasteiger partial charge in [-0.1, -0.05) is 12.1 Å². The molecule has 0 aliphatic heterocycles. The van der Waals surface area contributed by atoms with Gasteiger partial charge in [0.05, 0.1) is 12.8 Å². The fraction of sp³-hybridized carbons (Fsp3) is 0.133. The summed E-state index contributed by atoms with van der Waals surface area (Å²) < 4.78 is 18.8. The van der Waals surface area contributed by atoms with Crippen LogP contribution < -0.4 is 15.8 Å². The lowest BCUT2D eigenvalue weighted by Crippen LogP contribution is -2.04. The largest absolute Gasteiger partial charge is 0.497 e. The Morgan fingerprint density at radius 3 is 2.60 bits per heavy atom. The number of carbonyl (C=O) groups excluding carboxylic acids is 1. The summed E-state index contributed by atoms with van der Waals surface area (Å²) in [5, 5.41) is 2.95. The maximum atomic E-state index is 13.7. The summed E-state index contributed by atoms with van der Waals surface area (Å²) in [6, 6.07) is 9.97. The zero-order valence-electron chi connectivity index (χ0n) is 11.0. The van der Waals surface area contributed by atoms with Gasteiger partial charge in [-0.25, -0.2) is 4.39 Å². The van der Waals surface area contributed by atoms with E-state index in [9.17, 15) is 9.18 Å². The molecule has 0 radical (unpaired) electrons. The first-order valence-electron chi connectivity index (χ1n) is 6.05. The Morgan fingerprint density at radius 2 is 2.00 bits per heavy atom. The fourth-order valence-electron chi connectivity index (χ4n) is 1.78. The van der Waals surface area contributed by atoms with E-state index in [1.807, 2.05) is 24.3 Å². The summed E-state index contributed by atoms with van der Waals surface area (Å²) in [5.41, 5.74) is 7.30. The second-order valence-corrected chi connectivity index (χ2v) is 4.28. The standard InChI is InChI=1S/C15H15FN2O2/c1-20-12-4-2-10(3-5-12)8-18-15-7-14(17)11(9-19)6-13(15)16/h2-7,9,18H,8,17H2,1H3. The highest BCUT2D eigenvalue weighted by Gasteiger charge is 2.07. The van der Waals surface area contributed by atoms with Gasteiger partial charge in [-0.2, -0.15) is 0 Å². The van der Waals surface area contributed by atoms with Crippen molar-refractivity contribution in [1.29, 1.82) is 0 Å². The van der Waals surface area contributed by atoms with E-state index in [2.05, 4.69) is 5.32 Å². The van der Waals surface area contributed by atoms with E-state index in [1.165, 1.54) is 6.07 Å². The van der Waals surface area contributed by atoms with E-state index in [0.717, 1.165) is 17.4 Å². The second-order valence-electron chi connectivity index (χ2n) is 4.28. The first kappa shape index (κ1) is 13.9. The molecule has 2 rings (SSSR count). The molecule has 0 bridgehead atoms. The van der Waals surface area contributed by atoms with E-state index < -0.39 is 5.82 Å². The number of benzene rings is 2. The molecule has 0 aliphatic rings. The van der Waals surface area contributed by atoms with Crippen LogP contribution in [0.15, 0.2) is 36.4 Å². The molecule has 0 aromatic heterocycles. The molecule has 2 aromatic rings. The molecule has 0 fully saturated rings. The van der Waals surface area contributed by atoms with Gasteiger partial charge in [-0.3, -0.25) is 4.79 Å². The molecular weight excluding hydrogens is 259 g/mol. The van der Waals surface area contributed by atoms with Crippen molar-refractivity contribution < 1.29 is 13.9 Å². The number of carbonyl (C=O) groups is 1. The Bertz CT molecular complexity index is 612. The van der Waals surface area contributed by atoms with E-state index >= 15 is 0 Å². The third-order valence-corrected chi connectivity index (χ3v) is 2.94. The quantitative estimate of drug-likeness (QED) is 0.650. The average Bonchev–Trinajstić information content (AvgIpc) is 2.48. The van der Waals surface area contributed by atoms with Crippen LogP contribution in [0.5, 0.6) is 5.75 Å². The van der Waals surface area contributed by atoms with Crippen LogP contribution in [0.3, 0.4) is 0 Å². The third-order valence-electron chi connectivity index (χ3n) is 2.94. The zero-order chi connectivity index (χ0) is 14.5. The van der Waals surface area contributed by atoms with Crippen LogP contribution in [0.2, 0.25) is 0 Å². The summed E-state index contributed by atoms with van der Waals surface area (Å²) in [5.74, 6) is 0.259. The third kappa shape index (κ3) is 3.06. The predicted molar refractivity (Wildman–Crippen MR) is 76.5 cm³/mol. The summed E-state index contributed by atoms with van der Waals surface area (Å²) in [6.45, 7) is 0.445. The number of hydrogen-bond acceptors (Lipinski definition) is 4. The SMILES string of the molecule is COc1ccc(CNc2cc(N)c(C=O)cc2F)cc1. The number of methoxy groups -OCH3 is 1. The molecular formula is C15H15FN2O2. The van der Waals surface area contributed by atoms with Crippen molar-refractivity contribution in [2.24, 2.45) is 0 Å². The van der Waals surface area contributed by atoms with Gasteiger partial charge >= 0.3 is 0 Å². The molecule has 0 heterocycles. The molecule has 104 valence electrons. The van der Waals surface area contributed by atoms with Crippen molar-refractivity contribution in [2.45, 2.75) is 6.54 Å². The molecule has 0 saturated carbocycles. The van der Waals surface area contributed by atoms with Crippen LogP contribution in [0.25, 0.3) is 0 Å². The minimum atomic E-state index is -0.505. The lowest BCUT2D eigenvalue weighted by Gasteiger charge is -2.10. The van der Waals surface area contributed by atoms with Crippen molar-refractivity contribution in [2.75, 3.05) is 18.2 Å². The lowest BCUT2D eigenvalue weighted by molar-refractivity contribution is 0.112. The molecule has 5 heteroatoms. The molecule has 0 unspecified atom stereocenters. The van der Waals surface area contributed by atoms with Gasteiger partial charge < -0.3 is 15.8 Å². The van der Waals surface area contributed by atoms with Crippen LogP contribution >= 0.6 is 0 Å². The summed E-state index contributed by atoms with van der Waals surface area (Å²) in [7, 11) is 1.60. The summed E-state index contributed by atoms with van der Waals surface area (Å²) in [6.07, 6.45) is 0.533. The van der Waals surface area contributed by atoms with Crippen LogP contribution in [-0.2, 0) is 6.54 Å². The maximum Gasteiger partial charge on any atom is 0.152 e. The number of nitrogens with two attached hydrogens (primary N) is 1. The highest BCUT2D eigenvalue weighted by molar-refractivity contribution is 5.84. The molecule has 0 amide bonds. The first-order valence-corrected chi connectivity index (χ1v) is 6.05. The molecule has 2 aromatic carbocycles. The Hall–Kier alpha value is -2.56. The van der Waals surface area contributed by atoms with Gasteiger partial charge in [-0.05, 0) is 29.8 Å². The van der Waals surface area contributed by atoms with E-state index in [-0.39, 0.29) is 16.9 Å². The fourth-order valence-corrected chi connectivity index (χ4v) is 1.78. The second kappa shape index (κ2) is 6.06. The predicted octanol–water partition coefficient (Wildman–Crippen LogP) is 2.84. The van der Waals surface area contributed by atoms with E-state index in [4.69, 9.17) is 10.5 Å². The molecule has 20 heavy (non-hydrogen) atoms. The van der Waals surface area contributed by atoms with Gasteiger partial charge in [0.25, 0.3) is 0 Å². The number of hydrogen-bond donors (Lipinski definition) is 2. The number of nitrogens with one attached hydrogen (secondary N) is 1. The number of aldehydes is 1. The Balaban J connectivity index is 2.10. The maximum absolute atomic E-state index is 13.7. The summed E-state index contributed by atoms with van der Waals surface area (Å²) in [4.78, 5) is 10.7. The number of rotatable bonds is 5. The van der Waals surface area contributed by atoms with E-state index in [1.54, 1.807) is 7.11 Å². The normalized spacial score (nSPS) is 10.1. The highest BCUT2D eigenvalue weighted by atomic mass is 19.1. The monoisotopic (exact) mass is 274 g/mol. The topological polar surface area (TPSA) is 64.3 Å². The van der Waals surface area contributed by atoms with Crippen molar-refractivity contribution in [1.82, 2.24) is 0 Å². The van der Waals surface area contributed by atoms with Gasteiger partial charge in [0.15, 0.2) is 6.29 Å². The van der Waals surface area contributed by atoms with Crippen LogP contribution in [0.1, 0.15) is 15.9 Å². The first-order chi connectivity index (χ1) is 9.63. The van der Waals surface area contributed by atoms with Crippen molar-refractivity contribution in [3.8, 4) is 5.75 Å². The smallest absolute Gasteiger partial charge is 0.152 e. The van der Waals surface area contributed by atoms with Crippen LogP contribution in [0.4, 0.5) is 15.8 Å². The van der Waals surface area contributed by atoms with E-state index in [0.29, 0.717) is 12.8 Å². The van der Waals surface area contributed by atoms with Gasteiger partial charge in [0, 0.05) is 17.8 Å². The molecule has 0 saturated heterocycles. The van der Waals surface area contributed by atoms with Crippen LogP contribution in [-0.4, -0.2) is 13.4 Å². The number of ether oxygens (including phenoxy) is 1. The van der Waals surface area contributed by atoms with Crippen LogP contribution in [0, 0.1) is 5.82 Å². The number of nitrogen functional groups attached to an aromatic ring is 1. The van der Waals surface area contributed by atoms with Gasteiger partial charge in [0.2, 0.25) is 0 Å². The number of halogens is 1. The Morgan fingerprint density at radius 1 is 1.30 bits per heavy atom. The Kier molecular flexibility index (Phi) is 4.20. The van der Waals surface area contributed by atoms with Crippen molar-refractivity contribution in [3.05, 3.63) is 53.3 Å². The Labute approximate surface area is 116 Å². The van der Waals surface area contributed by atoms with Crippen molar-refractivity contribution >= 4 is 17.7 Å². The molecule has 0 aliphatic carbocycles. The highest BCUT2D eigenvalue weighted by Crippen LogP contribution is 2.22. The lowest BCUT2D eigenvalue weighted by atomic mass is 10.1. The molecule has 0 atom stereocenters. The molecule has 4 nitrogen and oxygen atoms in total. The minimum Gasteiger partial charge on any atom is -0.497 e.